The second-order valence-electron chi connectivity index (χ2n) is 7.84. The lowest BCUT2D eigenvalue weighted by Gasteiger charge is -2.15. The summed E-state index contributed by atoms with van der Waals surface area (Å²) < 4.78 is 84.8. The molecule has 170 valence electrons. The van der Waals surface area contributed by atoms with Gasteiger partial charge in [-0.2, -0.15) is 26.3 Å². The Hall–Kier alpha value is -2.88. The lowest BCUT2D eigenvalue weighted by atomic mass is 9.95. The maximum absolute atomic E-state index is 13.1. The standard InChI is InChI=1S/C22H19F6N2O2/c23-21(24,25)15-7-13(8-16(10-15)22(26,27)28)5-6-20-19(30(31)12-32-20)9-14-11-29-18-4-2-1-3-17(14)18/h1-4,7-8,10-11,19-20,29H,5-6,9,12H2/q+1. The summed E-state index contributed by atoms with van der Waals surface area (Å²) in [4.78, 5) is 15.4. The Labute approximate surface area is 178 Å². The average Bonchev–Trinajstić information content (AvgIpc) is 3.29. The van der Waals surface area contributed by atoms with Crippen LogP contribution in [0.15, 0.2) is 48.7 Å². The van der Waals surface area contributed by atoms with Gasteiger partial charge in [-0.1, -0.05) is 18.2 Å². The Morgan fingerprint density at radius 2 is 1.66 bits per heavy atom. The maximum atomic E-state index is 13.1. The Morgan fingerprint density at radius 1 is 1.00 bits per heavy atom. The number of aromatic nitrogens is 1. The summed E-state index contributed by atoms with van der Waals surface area (Å²) in [5.74, 6) is 0. The van der Waals surface area contributed by atoms with E-state index in [9.17, 15) is 31.2 Å². The number of aryl methyl sites for hydroxylation is 1. The summed E-state index contributed by atoms with van der Waals surface area (Å²) in [5, 5.41) is 0.944. The van der Waals surface area contributed by atoms with E-state index in [2.05, 4.69) is 4.98 Å². The second kappa shape index (κ2) is 8.23. The molecule has 2 aromatic carbocycles. The van der Waals surface area contributed by atoms with Crippen LogP contribution in [0.2, 0.25) is 0 Å². The monoisotopic (exact) mass is 457 g/mol. The predicted octanol–water partition coefficient (Wildman–Crippen LogP) is 5.88. The summed E-state index contributed by atoms with van der Waals surface area (Å²) >= 11 is 0. The molecule has 10 heteroatoms. The summed E-state index contributed by atoms with van der Waals surface area (Å²) in [6, 6.07) is 8.47. The van der Waals surface area contributed by atoms with Gasteiger partial charge in [-0.15, -0.1) is 0 Å². The summed E-state index contributed by atoms with van der Waals surface area (Å²) in [6.45, 7) is -0.200. The zero-order chi connectivity index (χ0) is 23.1. The molecule has 1 aliphatic heterocycles. The molecule has 4 nitrogen and oxygen atoms in total. The number of ether oxygens (including phenoxy) is 1. The van der Waals surface area contributed by atoms with Gasteiger partial charge in [-0.3, -0.25) is 0 Å². The van der Waals surface area contributed by atoms with Crippen molar-refractivity contribution in [3.05, 3.63) is 75.8 Å². The minimum absolute atomic E-state index is 0.0874. The third-order valence-corrected chi connectivity index (χ3v) is 5.68. The fourth-order valence-corrected chi connectivity index (χ4v) is 4.07. The van der Waals surface area contributed by atoms with E-state index in [0.29, 0.717) is 18.6 Å². The highest BCUT2D eigenvalue weighted by Gasteiger charge is 2.43. The van der Waals surface area contributed by atoms with E-state index >= 15 is 0 Å². The highest BCUT2D eigenvalue weighted by Crippen LogP contribution is 2.37. The molecule has 3 aromatic rings. The molecule has 1 saturated heterocycles. The molecule has 0 aliphatic carbocycles. The van der Waals surface area contributed by atoms with Crippen molar-refractivity contribution >= 4 is 10.9 Å². The smallest absolute Gasteiger partial charge is 0.361 e. The number of alkyl halides is 6. The van der Waals surface area contributed by atoms with Gasteiger partial charge in [-0.05, 0) is 48.2 Å². The van der Waals surface area contributed by atoms with E-state index in [0.717, 1.165) is 21.2 Å². The van der Waals surface area contributed by atoms with Crippen LogP contribution in [-0.2, 0) is 29.9 Å². The number of benzene rings is 2. The van der Waals surface area contributed by atoms with Gasteiger partial charge in [0.25, 0.3) is 6.73 Å². The molecule has 2 atom stereocenters. The number of rotatable bonds is 5. The Bertz CT molecular complexity index is 1100. The number of fused-ring (bicyclic) bond motifs is 1. The number of nitrogens with one attached hydrogen (secondary N) is 1. The molecule has 0 amide bonds. The number of hydrogen-bond donors (Lipinski definition) is 1. The quantitative estimate of drug-likeness (QED) is 0.384. The zero-order valence-electron chi connectivity index (χ0n) is 16.6. The first-order valence-corrected chi connectivity index (χ1v) is 9.91. The maximum Gasteiger partial charge on any atom is 0.416 e. The van der Waals surface area contributed by atoms with E-state index in [-0.39, 0.29) is 31.2 Å². The van der Waals surface area contributed by atoms with Crippen molar-refractivity contribution in [1.29, 1.82) is 0 Å². The molecule has 0 spiro atoms. The average molecular weight is 457 g/mol. The number of nitroso groups, excluding NO2 is 1. The number of aromatic amines is 1. The summed E-state index contributed by atoms with van der Waals surface area (Å²) in [5.41, 5.74) is -1.02. The van der Waals surface area contributed by atoms with E-state index in [4.69, 9.17) is 4.74 Å². The van der Waals surface area contributed by atoms with Crippen LogP contribution >= 0.6 is 0 Å². The van der Waals surface area contributed by atoms with Crippen molar-refractivity contribution < 1.29 is 35.8 Å². The number of hydrogen-bond acceptors (Lipinski definition) is 2. The Kier molecular flexibility index (Phi) is 5.74. The SMILES string of the molecule is O=[N+]1COC(CCc2cc(C(F)(F)F)cc(C(F)(F)F)c2)C1Cc1c[nH]c2ccccc12. The van der Waals surface area contributed by atoms with Gasteiger partial charge in [0.05, 0.1) is 11.1 Å². The van der Waals surface area contributed by atoms with Gasteiger partial charge in [0.2, 0.25) is 6.04 Å². The predicted molar refractivity (Wildman–Crippen MR) is 104 cm³/mol. The molecule has 2 heterocycles. The minimum atomic E-state index is -4.90. The molecule has 1 fully saturated rings. The lowest BCUT2D eigenvalue weighted by Crippen LogP contribution is -2.30. The van der Waals surface area contributed by atoms with Gasteiger partial charge in [0.15, 0.2) is 0 Å². The molecular weight excluding hydrogens is 438 g/mol. The molecule has 32 heavy (non-hydrogen) atoms. The van der Waals surface area contributed by atoms with Crippen molar-refractivity contribution in [3.8, 4) is 0 Å². The van der Waals surface area contributed by atoms with Gasteiger partial charge >= 0.3 is 12.4 Å². The van der Waals surface area contributed by atoms with Gasteiger partial charge in [0, 0.05) is 33.2 Å². The first-order valence-electron chi connectivity index (χ1n) is 9.91. The number of nitrogens with zero attached hydrogens (tertiary/aromatic N) is 1. The third-order valence-electron chi connectivity index (χ3n) is 5.68. The summed E-state index contributed by atoms with van der Waals surface area (Å²) in [6.07, 6.45) is -8.26. The van der Waals surface area contributed by atoms with Crippen molar-refractivity contribution in [2.75, 3.05) is 6.73 Å². The molecule has 1 aliphatic rings. The van der Waals surface area contributed by atoms with Crippen LogP contribution < -0.4 is 0 Å². The normalized spacial score (nSPS) is 19.8. The molecule has 2 unspecified atom stereocenters. The van der Waals surface area contributed by atoms with Crippen LogP contribution in [0.4, 0.5) is 26.3 Å². The van der Waals surface area contributed by atoms with E-state index in [1.165, 1.54) is 0 Å². The van der Waals surface area contributed by atoms with E-state index in [1.54, 1.807) is 6.20 Å². The van der Waals surface area contributed by atoms with Gasteiger partial charge < -0.3 is 9.72 Å². The topological polar surface area (TPSA) is 45.1 Å². The fraction of sp³-hybridized carbons (Fsp3) is 0.364. The molecule has 4 rings (SSSR count). The van der Waals surface area contributed by atoms with Crippen LogP contribution in [0.5, 0.6) is 0 Å². The Balaban J connectivity index is 1.53. The molecule has 1 aromatic heterocycles. The van der Waals surface area contributed by atoms with Gasteiger partial charge in [0.1, 0.15) is 6.10 Å². The highest BCUT2D eigenvalue weighted by atomic mass is 19.4. The number of para-hydroxylation sites is 1. The first-order chi connectivity index (χ1) is 15.0. The lowest BCUT2D eigenvalue weighted by molar-refractivity contribution is -0.578. The van der Waals surface area contributed by atoms with Crippen LogP contribution in [0, 0.1) is 4.91 Å². The molecule has 0 bridgehead atoms. The van der Waals surface area contributed by atoms with Crippen LogP contribution in [0.3, 0.4) is 0 Å². The second-order valence-corrected chi connectivity index (χ2v) is 7.84. The van der Waals surface area contributed by atoms with E-state index < -0.39 is 35.6 Å². The van der Waals surface area contributed by atoms with Crippen LogP contribution in [0.25, 0.3) is 10.9 Å². The zero-order valence-corrected chi connectivity index (χ0v) is 16.6. The van der Waals surface area contributed by atoms with E-state index in [1.807, 2.05) is 24.3 Å². The third kappa shape index (κ3) is 4.64. The van der Waals surface area contributed by atoms with Crippen molar-refractivity contribution in [2.45, 2.75) is 43.8 Å². The van der Waals surface area contributed by atoms with Crippen LogP contribution in [-0.4, -0.2) is 28.6 Å². The van der Waals surface area contributed by atoms with Crippen LogP contribution in [0.1, 0.15) is 28.7 Å². The van der Waals surface area contributed by atoms with Gasteiger partial charge in [-0.25, -0.2) is 0 Å². The van der Waals surface area contributed by atoms with Crippen molar-refractivity contribution in [3.63, 3.8) is 0 Å². The largest absolute Gasteiger partial charge is 0.416 e. The fourth-order valence-electron chi connectivity index (χ4n) is 4.07. The number of H-pyrrole nitrogens is 1. The summed E-state index contributed by atoms with van der Waals surface area (Å²) in [7, 11) is 0. The molecule has 0 radical (unpaired) electrons. The van der Waals surface area contributed by atoms with Crippen molar-refractivity contribution in [1.82, 2.24) is 4.98 Å². The number of halogens is 6. The Morgan fingerprint density at radius 3 is 2.31 bits per heavy atom. The molecule has 0 saturated carbocycles. The van der Waals surface area contributed by atoms with Crippen molar-refractivity contribution in [2.24, 2.45) is 0 Å². The molecule has 1 N–H and O–H groups in total. The highest BCUT2D eigenvalue weighted by molar-refractivity contribution is 5.83. The first kappa shape index (κ1) is 22.3. The minimum Gasteiger partial charge on any atom is -0.361 e. The molecular formula is C22H19F6N2O2+.